The second kappa shape index (κ2) is 6.35. The van der Waals surface area contributed by atoms with E-state index in [4.69, 9.17) is 9.47 Å². The predicted octanol–water partition coefficient (Wildman–Crippen LogP) is 3.71. The van der Waals surface area contributed by atoms with Crippen molar-refractivity contribution in [2.75, 3.05) is 26.8 Å². The fourth-order valence-electron chi connectivity index (χ4n) is 2.84. The average molecular weight is 340 g/mol. The summed E-state index contributed by atoms with van der Waals surface area (Å²) in [6, 6.07) is 4.08. The molecule has 110 valence electrons. The Morgan fingerprint density at radius 1 is 1.20 bits per heavy atom. The molecule has 0 spiro atoms. The van der Waals surface area contributed by atoms with Gasteiger partial charge in [0.2, 0.25) is 0 Å². The molecule has 1 saturated carbocycles. The molecule has 0 unspecified atom stereocenters. The van der Waals surface area contributed by atoms with Gasteiger partial charge in [0.25, 0.3) is 0 Å². The summed E-state index contributed by atoms with van der Waals surface area (Å²) >= 11 is 3.71. The lowest BCUT2D eigenvalue weighted by atomic mass is 9.89. The van der Waals surface area contributed by atoms with Gasteiger partial charge in [0.05, 0.1) is 13.7 Å². The fourth-order valence-corrected chi connectivity index (χ4v) is 3.48. The third-order valence-electron chi connectivity index (χ3n) is 4.23. The molecule has 1 aliphatic heterocycles. The number of nitrogens with one attached hydrogen (secondary N) is 1. The van der Waals surface area contributed by atoms with Crippen molar-refractivity contribution in [3.8, 4) is 11.5 Å². The van der Waals surface area contributed by atoms with E-state index in [0.29, 0.717) is 5.92 Å². The zero-order valence-corrected chi connectivity index (χ0v) is 13.5. The molecule has 1 heterocycles. The molecule has 0 atom stereocenters. The SMILES string of the molecule is COc1ccc(Br)c(C2CCNCC2)c1OCC1CC1. The first-order chi connectivity index (χ1) is 9.79. The summed E-state index contributed by atoms with van der Waals surface area (Å²) in [6.07, 6.45) is 4.93. The van der Waals surface area contributed by atoms with Crippen LogP contribution in [0.25, 0.3) is 0 Å². The molecule has 1 aromatic carbocycles. The number of methoxy groups -OCH3 is 1. The van der Waals surface area contributed by atoms with E-state index in [0.717, 1.165) is 54.4 Å². The summed E-state index contributed by atoms with van der Waals surface area (Å²) in [7, 11) is 1.72. The average Bonchev–Trinajstić information content (AvgIpc) is 3.30. The second-order valence-corrected chi connectivity index (χ2v) is 6.63. The lowest BCUT2D eigenvalue weighted by Crippen LogP contribution is -2.27. The van der Waals surface area contributed by atoms with Crippen molar-refractivity contribution >= 4 is 15.9 Å². The van der Waals surface area contributed by atoms with Gasteiger partial charge in [-0.1, -0.05) is 15.9 Å². The Hall–Kier alpha value is -0.740. The van der Waals surface area contributed by atoms with Gasteiger partial charge in [-0.05, 0) is 62.7 Å². The molecular weight excluding hydrogens is 318 g/mol. The Bertz CT molecular complexity index is 468. The molecule has 0 radical (unpaired) electrons. The minimum Gasteiger partial charge on any atom is -0.493 e. The molecule has 0 aromatic heterocycles. The van der Waals surface area contributed by atoms with Crippen LogP contribution in [-0.4, -0.2) is 26.8 Å². The highest BCUT2D eigenvalue weighted by molar-refractivity contribution is 9.10. The van der Waals surface area contributed by atoms with Gasteiger partial charge < -0.3 is 14.8 Å². The van der Waals surface area contributed by atoms with E-state index in [2.05, 4.69) is 27.3 Å². The Kier molecular flexibility index (Phi) is 4.51. The molecule has 0 bridgehead atoms. The zero-order valence-electron chi connectivity index (χ0n) is 12.0. The monoisotopic (exact) mass is 339 g/mol. The standard InChI is InChI=1S/C16H22BrNO2/c1-19-14-5-4-13(17)15(12-6-8-18-9-7-12)16(14)20-10-11-2-3-11/h4-5,11-12,18H,2-3,6-10H2,1H3. The zero-order chi connectivity index (χ0) is 13.9. The number of halogens is 1. The molecule has 1 aliphatic carbocycles. The van der Waals surface area contributed by atoms with Gasteiger partial charge in [0, 0.05) is 10.0 Å². The fraction of sp³-hybridized carbons (Fsp3) is 0.625. The largest absolute Gasteiger partial charge is 0.493 e. The van der Waals surface area contributed by atoms with Crippen LogP contribution in [0.4, 0.5) is 0 Å². The van der Waals surface area contributed by atoms with E-state index in [1.54, 1.807) is 7.11 Å². The van der Waals surface area contributed by atoms with Gasteiger partial charge in [-0.3, -0.25) is 0 Å². The first-order valence-corrected chi connectivity index (χ1v) is 8.28. The summed E-state index contributed by atoms with van der Waals surface area (Å²) in [5, 5.41) is 3.42. The first kappa shape index (κ1) is 14.2. The van der Waals surface area contributed by atoms with Crippen molar-refractivity contribution in [3.05, 3.63) is 22.2 Å². The van der Waals surface area contributed by atoms with Crippen LogP contribution in [-0.2, 0) is 0 Å². The van der Waals surface area contributed by atoms with Crippen LogP contribution < -0.4 is 14.8 Å². The molecule has 2 fully saturated rings. The number of piperidine rings is 1. The molecule has 1 aromatic rings. The van der Waals surface area contributed by atoms with Gasteiger partial charge in [-0.2, -0.15) is 0 Å². The molecule has 0 amide bonds. The molecule has 1 saturated heterocycles. The predicted molar refractivity (Wildman–Crippen MR) is 83.8 cm³/mol. The van der Waals surface area contributed by atoms with Crippen molar-refractivity contribution in [1.82, 2.24) is 5.32 Å². The highest BCUT2D eigenvalue weighted by Gasteiger charge is 2.27. The molecule has 1 N–H and O–H groups in total. The molecular formula is C16H22BrNO2. The first-order valence-electron chi connectivity index (χ1n) is 7.49. The van der Waals surface area contributed by atoms with Crippen LogP contribution >= 0.6 is 15.9 Å². The summed E-state index contributed by atoms with van der Waals surface area (Å²) < 4.78 is 12.8. The van der Waals surface area contributed by atoms with Crippen LogP contribution in [0.1, 0.15) is 37.2 Å². The van der Waals surface area contributed by atoms with E-state index in [-0.39, 0.29) is 0 Å². The number of ether oxygens (including phenoxy) is 2. The summed E-state index contributed by atoms with van der Waals surface area (Å²) in [4.78, 5) is 0. The maximum atomic E-state index is 6.14. The van der Waals surface area contributed by atoms with Gasteiger partial charge in [0.15, 0.2) is 11.5 Å². The third kappa shape index (κ3) is 3.12. The topological polar surface area (TPSA) is 30.5 Å². The second-order valence-electron chi connectivity index (χ2n) is 5.77. The van der Waals surface area contributed by atoms with Crippen molar-refractivity contribution in [3.63, 3.8) is 0 Å². The Morgan fingerprint density at radius 2 is 1.95 bits per heavy atom. The number of benzene rings is 1. The molecule has 2 aliphatic rings. The number of hydrogen-bond acceptors (Lipinski definition) is 3. The van der Waals surface area contributed by atoms with E-state index in [1.165, 1.54) is 18.4 Å². The van der Waals surface area contributed by atoms with Gasteiger partial charge in [0.1, 0.15) is 0 Å². The van der Waals surface area contributed by atoms with Crippen LogP contribution in [0.2, 0.25) is 0 Å². The van der Waals surface area contributed by atoms with Gasteiger partial charge >= 0.3 is 0 Å². The smallest absolute Gasteiger partial charge is 0.165 e. The lowest BCUT2D eigenvalue weighted by molar-refractivity contribution is 0.273. The van der Waals surface area contributed by atoms with Crippen molar-refractivity contribution in [1.29, 1.82) is 0 Å². The Balaban J connectivity index is 1.90. The molecule has 3 nitrogen and oxygen atoms in total. The van der Waals surface area contributed by atoms with E-state index < -0.39 is 0 Å². The molecule has 20 heavy (non-hydrogen) atoms. The Morgan fingerprint density at radius 3 is 2.60 bits per heavy atom. The minimum absolute atomic E-state index is 0.551. The van der Waals surface area contributed by atoms with Gasteiger partial charge in [-0.25, -0.2) is 0 Å². The van der Waals surface area contributed by atoms with Crippen molar-refractivity contribution in [2.24, 2.45) is 5.92 Å². The Labute approximate surface area is 129 Å². The maximum absolute atomic E-state index is 6.14. The van der Waals surface area contributed by atoms with Crippen molar-refractivity contribution < 1.29 is 9.47 Å². The maximum Gasteiger partial charge on any atom is 0.165 e. The molecule has 3 rings (SSSR count). The highest BCUT2D eigenvalue weighted by atomic mass is 79.9. The minimum atomic E-state index is 0.551. The van der Waals surface area contributed by atoms with Crippen LogP contribution in [0, 0.1) is 5.92 Å². The lowest BCUT2D eigenvalue weighted by Gasteiger charge is -2.27. The number of rotatable bonds is 5. The highest BCUT2D eigenvalue weighted by Crippen LogP contribution is 2.44. The summed E-state index contributed by atoms with van der Waals surface area (Å²) in [6.45, 7) is 2.98. The number of hydrogen-bond donors (Lipinski definition) is 1. The van der Waals surface area contributed by atoms with E-state index in [1.807, 2.05) is 6.07 Å². The van der Waals surface area contributed by atoms with E-state index >= 15 is 0 Å². The van der Waals surface area contributed by atoms with Crippen LogP contribution in [0.15, 0.2) is 16.6 Å². The van der Waals surface area contributed by atoms with Crippen LogP contribution in [0.5, 0.6) is 11.5 Å². The third-order valence-corrected chi connectivity index (χ3v) is 4.93. The normalized spacial score (nSPS) is 19.9. The molecule has 4 heteroatoms. The summed E-state index contributed by atoms with van der Waals surface area (Å²) in [5.74, 6) is 3.12. The van der Waals surface area contributed by atoms with E-state index in [9.17, 15) is 0 Å². The van der Waals surface area contributed by atoms with Crippen LogP contribution in [0.3, 0.4) is 0 Å². The van der Waals surface area contributed by atoms with Gasteiger partial charge in [-0.15, -0.1) is 0 Å². The summed E-state index contributed by atoms with van der Waals surface area (Å²) in [5.41, 5.74) is 1.30. The van der Waals surface area contributed by atoms with Crippen molar-refractivity contribution in [2.45, 2.75) is 31.6 Å². The quantitative estimate of drug-likeness (QED) is 0.886.